The Hall–Kier alpha value is -1.15. The molecule has 7 nitrogen and oxygen atoms in total. The van der Waals surface area contributed by atoms with Crippen LogP contribution in [0.5, 0.6) is 0 Å². The minimum atomic E-state index is -4.15. The van der Waals surface area contributed by atoms with Crippen LogP contribution in [0.2, 0.25) is 0 Å². The lowest BCUT2D eigenvalue weighted by molar-refractivity contribution is -0.161. The van der Waals surface area contributed by atoms with Crippen LogP contribution in [0, 0.1) is 5.92 Å². The van der Waals surface area contributed by atoms with Gasteiger partial charge in [0.25, 0.3) is 10.1 Å². The van der Waals surface area contributed by atoms with E-state index in [0.717, 1.165) is 32.1 Å². The number of carbonyl (C=O) groups excluding carboxylic acids is 2. The molecule has 0 aliphatic heterocycles. The molecular formula is C11H18O7S. The summed E-state index contributed by atoms with van der Waals surface area (Å²) in [4.78, 5) is 22.7. The lowest BCUT2D eigenvalue weighted by atomic mass is 9.89. The number of hydrogen-bond acceptors (Lipinski definition) is 6. The van der Waals surface area contributed by atoms with E-state index in [-0.39, 0.29) is 5.92 Å². The molecule has 0 heterocycles. The number of ether oxygens (including phenoxy) is 2. The van der Waals surface area contributed by atoms with E-state index in [9.17, 15) is 18.0 Å². The zero-order valence-corrected chi connectivity index (χ0v) is 11.4. The summed E-state index contributed by atoms with van der Waals surface area (Å²) in [5.74, 6) is -2.06. The fourth-order valence-electron chi connectivity index (χ4n) is 1.89. The lowest BCUT2D eigenvalue weighted by Crippen LogP contribution is -2.25. The standard InChI is InChI=1S/C11H18O7S/c12-10(17-6-7-19(14,15)16)8-18-11(13)9-4-2-1-3-5-9/h9H,1-8H2,(H,14,15,16). The van der Waals surface area contributed by atoms with E-state index in [0.29, 0.717) is 0 Å². The van der Waals surface area contributed by atoms with Gasteiger partial charge in [-0.05, 0) is 12.8 Å². The van der Waals surface area contributed by atoms with Gasteiger partial charge < -0.3 is 9.47 Å². The molecule has 0 atom stereocenters. The van der Waals surface area contributed by atoms with Crippen LogP contribution >= 0.6 is 0 Å². The highest BCUT2D eigenvalue weighted by Gasteiger charge is 2.23. The van der Waals surface area contributed by atoms with Crippen LogP contribution in [0.3, 0.4) is 0 Å². The van der Waals surface area contributed by atoms with E-state index in [2.05, 4.69) is 4.74 Å². The number of esters is 2. The van der Waals surface area contributed by atoms with E-state index >= 15 is 0 Å². The molecule has 0 amide bonds. The molecule has 1 aliphatic carbocycles. The van der Waals surface area contributed by atoms with Gasteiger partial charge >= 0.3 is 11.9 Å². The van der Waals surface area contributed by atoms with Gasteiger partial charge in [-0.1, -0.05) is 19.3 Å². The third-order valence-corrected chi connectivity index (χ3v) is 3.56. The Balaban J connectivity index is 2.17. The second-order valence-corrected chi connectivity index (χ2v) is 6.02. The molecule has 110 valence electrons. The van der Waals surface area contributed by atoms with Gasteiger partial charge in [-0.3, -0.25) is 9.35 Å². The molecule has 0 aromatic rings. The Kier molecular flexibility index (Phi) is 6.23. The maximum atomic E-state index is 11.6. The lowest BCUT2D eigenvalue weighted by Gasteiger charge is -2.19. The number of carbonyl (C=O) groups is 2. The maximum Gasteiger partial charge on any atom is 0.344 e. The summed E-state index contributed by atoms with van der Waals surface area (Å²) in [6.07, 6.45) is 4.63. The Morgan fingerprint density at radius 3 is 2.32 bits per heavy atom. The van der Waals surface area contributed by atoms with Crippen LogP contribution in [0.1, 0.15) is 32.1 Å². The quantitative estimate of drug-likeness (QED) is 0.562. The molecule has 0 aromatic carbocycles. The third kappa shape index (κ3) is 7.12. The monoisotopic (exact) mass is 294 g/mol. The fourth-order valence-corrected chi connectivity index (χ4v) is 2.18. The Morgan fingerprint density at radius 1 is 1.11 bits per heavy atom. The topological polar surface area (TPSA) is 107 Å². The van der Waals surface area contributed by atoms with Crippen molar-refractivity contribution >= 4 is 22.1 Å². The summed E-state index contributed by atoms with van der Waals surface area (Å²) in [5.41, 5.74) is 0. The highest BCUT2D eigenvalue weighted by Crippen LogP contribution is 2.24. The summed E-state index contributed by atoms with van der Waals surface area (Å²) in [6.45, 7) is -0.987. The first-order valence-electron chi connectivity index (χ1n) is 6.16. The van der Waals surface area contributed by atoms with Crippen molar-refractivity contribution in [3.8, 4) is 0 Å². The number of hydrogen-bond donors (Lipinski definition) is 1. The molecule has 8 heteroatoms. The molecule has 1 N–H and O–H groups in total. The van der Waals surface area contributed by atoms with Crippen molar-refractivity contribution in [2.75, 3.05) is 19.0 Å². The summed E-state index contributed by atoms with van der Waals surface area (Å²) in [5, 5.41) is 0. The van der Waals surface area contributed by atoms with Crippen LogP contribution in [-0.4, -0.2) is 43.9 Å². The molecule has 0 radical (unpaired) electrons. The Morgan fingerprint density at radius 2 is 1.74 bits per heavy atom. The van der Waals surface area contributed by atoms with Crippen molar-refractivity contribution in [2.24, 2.45) is 5.92 Å². The Bertz CT molecular complexity index is 409. The van der Waals surface area contributed by atoms with E-state index in [1.54, 1.807) is 0 Å². The number of rotatable bonds is 6. The van der Waals surface area contributed by atoms with Crippen molar-refractivity contribution in [1.29, 1.82) is 0 Å². The summed E-state index contributed by atoms with van der Waals surface area (Å²) in [7, 11) is -4.15. The summed E-state index contributed by atoms with van der Waals surface area (Å²) in [6, 6.07) is 0. The summed E-state index contributed by atoms with van der Waals surface area (Å²) < 4.78 is 38.4. The van der Waals surface area contributed by atoms with Crippen molar-refractivity contribution in [3.63, 3.8) is 0 Å². The molecule has 0 aromatic heterocycles. The molecular weight excluding hydrogens is 276 g/mol. The molecule has 1 saturated carbocycles. The molecule has 0 unspecified atom stereocenters. The molecule has 0 saturated heterocycles. The zero-order chi connectivity index (χ0) is 14.3. The van der Waals surface area contributed by atoms with Crippen molar-refractivity contribution in [1.82, 2.24) is 0 Å². The SMILES string of the molecule is O=C(COC(=O)C1CCCCC1)OCCS(=O)(=O)O. The van der Waals surface area contributed by atoms with Crippen LogP contribution in [0.15, 0.2) is 0 Å². The van der Waals surface area contributed by atoms with Crippen molar-refractivity contribution in [3.05, 3.63) is 0 Å². The second-order valence-electron chi connectivity index (χ2n) is 4.45. The van der Waals surface area contributed by atoms with Gasteiger partial charge in [-0.15, -0.1) is 0 Å². The van der Waals surface area contributed by atoms with Gasteiger partial charge in [0, 0.05) is 0 Å². The van der Waals surface area contributed by atoms with Crippen LogP contribution < -0.4 is 0 Å². The summed E-state index contributed by atoms with van der Waals surface area (Å²) >= 11 is 0. The van der Waals surface area contributed by atoms with Crippen LogP contribution in [0.4, 0.5) is 0 Å². The Labute approximate surface area is 112 Å². The highest BCUT2D eigenvalue weighted by molar-refractivity contribution is 7.85. The van der Waals surface area contributed by atoms with Gasteiger partial charge in [-0.25, -0.2) is 4.79 Å². The van der Waals surface area contributed by atoms with E-state index in [1.807, 2.05) is 0 Å². The predicted octanol–water partition coefficient (Wildman–Crippen LogP) is 0.541. The van der Waals surface area contributed by atoms with Crippen LogP contribution in [-0.2, 0) is 29.2 Å². The molecule has 1 fully saturated rings. The zero-order valence-electron chi connectivity index (χ0n) is 10.5. The molecule has 0 spiro atoms. The first-order valence-corrected chi connectivity index (χ1v) is 7.77. The van der Waals surface area contributed by atoms with Gasteiger partial charge in [0.1, 0.15) is 12.4 Å². The largest absolute Gasteiger partial charge is 0.462 e. The van der Waals surface area contributed by atoms with Gasteiger partial charge in [0.05, 0.1) is 5.92 Å². The van der Waals surface area contributed by atoms with Gasteiger partial charge in [0.15, 0.2) is 6.61 Å². The predicted molar refractivity (Wildman–Crippen MR) is 64.9 cm³/mol. The van der Waals surface area contributed by atoms with E-state index in [1.165, 1.54) is 0 Å². The normalized spacial score (nSPS) is 16.9. The average molecular weight is 294 g/mol. The first kappa shape index (κ1) is 15.9. The molecule has 19 heavy (non-hydrogen) atoms. The minimum Gasteiger partial charge on any atom is -0.462 e. The molecule has 1 aliphatic rings. The maximum absolute atomic E-state index is 11.6. The minimum absolute atomic E-state index is 0.153. The smallest absolute Gasteiger partial charge is 0.344 e. The third-order valence-electron chi connectivity index (χ3n) is 2.88. The van der Waals surface area contributed by atoms with Gasteiger partial charge in [0.2, 0.25) is 0 Å². The van der Waals surface area contributed by atoms with E-state index in [4.69, 9.17) is 9.29 Å². The second kappa shape index (κ2) is 7.44. The van der Waals surface area contributed by atoms with Crippen molar-refractivity contribution < 1.29 is 32.0 Å². The average Bonchev–Trinajstić information content (AvgIpc) is 2.35. The molecule has 1 rings (SSSR count). The highest BCUT2D eigenvalue weighted by atomic mass is 32.2. The van der Waals surface area contributed by atoms with E-state index < -0.39 is 41.0 Å². The fraction of sp³-hybridized carbons (Fsp3) is 0.818. The molecule has 0 bridgehead atoms. The van der Waals surface area contributed by atoms with Crippen molar-refractivity contribution in [2.45, 2.75) is 32.1 Å². The van der Waals surface area contributed by atoms with Crippen LogP contribution in [0.25, 0.3) is 0 Å². The first-order chi connectivity index (χ1) is 8.88. The van der Waals surface area contributed by atoms with Gasteiger partial charge in [-0.2, -0.15) is 8.42 Å².